The number of aromatic hydroxyl groups is 3. The molecule has 0 saturated carbocycles. The minimum atomic E-state index is 0.00747. The predicted molar refractivity (Wildman–Crippen MR) is 208 cm³/mol. The zero-order valence-corrected chi connectivity index (χ0v) is 32.1. The Morgan fingerprint density at radius 3 is 1.96 bits per heavy atom. The second-order valence-corrected chi connectivity index (χ2v) is 16.0. The first-order valence-electron chi connectivity index (χ1n) is 18.5. The van der Waals surface area contributed by atoms with Crippen LogP contribution in [-0.4, -0.2) is 52.6 Å². The Hall–Kier alpha value is -3.80. The highest BCUT2D eigenvalue weighted by molar-refractivity contribution is 5.82. The first kappa shape index (κ1) is 36.5. The lowest BCUT2D eigenvalue weighted by atomic mass is 9.79. The Morgan fingerprint density at radius 1 is 0.735 bits per heavy atom. The smallest absolute Gasteiger partial charge is 0.123 e. The molecule has 1 unspecified atom stereocenters. The summed E-state index contributed by atoms with van der Waals surface area (Å²) in [4.78, 5) is 7.19. The van der Waals surface area contributed by atoms with E-state index in [9.17, 15) is 15.3 Å². The van der Waals surface area contributed by atoms with E-state index in [1.54, 1.807) is 0 Å². The second-order valence-electron chi connectivity index (χ2n) is 16.0. The molecule has 0 radical (unpaired) electrons. The third kappa shape index (κ3) is 6.98. The van der Waals surface area contributed by atoms with Crippen LogP contribution in [0.25, 0.3) is 5.57 Å². The van der Waals surface area contributed by atoms with E-state index in [0.29, 0.717) is 23.2 Å². The van der Waals surface area contributed by atoms with E-state index in [4.69, 9.17) is 0 Å². The molecule has 0 spiro atoms. The van der Waals surface area contributed by atoms with Gasteiger partial charge in [0, 0.05) is 72.0 Å². The van der Waals surface area contributed by atoms with Crippen molar-refractivity contribution in [3.05, 3.63) is 75.4 Å². The van der Waals surface area contributed by atoms with Gasteiger partial charge >= 0.3 is 0 Å². The summed E-state index contributed by atoms with van der Waals surface area (Å²) in [5.41, 5.74) is 13.4. The van der Waals surface area contributed by atoms with Crippen LogP contribution < -0.4 is 14.7 Å². The summed E-state index contributed by atoms with van der Waals surface area (Å²) >= 11 is 0. The van der Waals surface area contributed by atoms with Crippen LogP contribution >= 0.6 is 0 Å². The molecule has 4 aliphatic heterocycles. The Kier molecular flexibility index (Phi) is 10.3. The number of aryl methyl sites for hydroxylation is 4. The molecule has 0 bridgehead atoms. The highest BCUT2D eigenvalue weighted by atomic mass is 16.3. The van der Waals surface area contributed by atoms with Crippen molar-refractivity contribution < 1.29 is 15.3 Å². The predicted octanol–water partition coefficient (Wildman–Crippen LogP) is 9.93. The van der Waals surface area contributed by atoms with Gasteiger partial charge < -0.3 is 30.0 Å². The highest BCUT2D eigenvalue weighted by Crippen LogP contribution is 2.46. The van der Waals surface area contributed by atoms with Gasteiger partial charge in [-0.1, -0.05) is 25.1 Å². The minimum absolute atomic E-state index is 0.00747. The molecule has 0 saturated heterocycles. The van der Waals surface area contributed by atoms with Crippen molar-refractivity contribution in [2.24, 2.45) is 0 Å². The number of nitrogens with zero attached hydrogens (tertiary/aromatic N) is 3. The van der Waals surface area contributed by atoms with Crippen molar-refractivity contribution in [2.75, 3.05) is 40.9 Å². The average Bonchev–Trinajstić information content (AvgIpc) is 3.02. The van der Waals surface area contributed by atoms with Crippen LogP contribution in [-0.2, 0) is 12.8 Å². The molecule has 3 aromatic carbocycles. The lowest BCUT2D eigenvalue weighted by Crippen LogP contribution is -2.48. The van der Waals surface area contributed by atoms with Crippen LogP contribution in [0.1, 0.15) is 120 Å². The van der Waals surface area contributed by atoms with Crippen molar-refractivity contribution in [1.82, 2.24) is 0 Å². The fourth-order valence-corrected chi connectivity index (χ4v) is 9.03. The third-order valence-corrected chi connectivity index (χ3v) is 11.3. The number of phenolic OH excluding ortho intramolecular Hbond substituents is 3. The van der Waals surface area contributed by atoms with E-state index >= 15 is 0 Å². The number of benzene rings is 3. The first-order valence-corrected chi connectivity index (χ1v) is 18.5. The van der Waals surface area contributed by atoms with Gasteiger partial charge in [0.05, 0.1) is 5.54 Å². The number of likely N-dealkylation sites (N-methyl/N-ethyl adjacent to an activating group) is 1. The van der Waals surface area contributed by atoms with E-state index in [1.807, 2.05) is 32.9 Å². The number of phenols is 3. The Balaban J connectivity index is 0.000000144. The number of hydrogen-bond donors (Lipinski definition) is 3. The summed E-state index contributed by atoms with van der Waals surface area (Å²) in [6.45, 7) is 27.9. The highest BCUT2D eigenvalue weighted by Gasteiger charge is 2.36. The van der Waals surface area contributed by atoms with Gasteiger partial charge in [-0.15, -0.1) is 0 Å². The minimum Gasteiger partial charge on any atom is -0.508 e. The largest absolute Gasteiger partial charge is 0.508 e. The van der Waals surface area contributed by atoms with Crippen LogP contribution in [0.15, 0.2) is 36.4 Å². The molecule has 3 N–H and O–H groups in total. The van der Waals surface area contributed by atoms with Gasteiger partial charge in [0.25, 0.3) is 0 Å². The standard InChI is InChI=1S/C15H23NO.C15H21NO.C13H17NO/c2*1-6-16-13-8-14(17)10(2)7-12(13)11(3)9-15(16,4)5;1-9-8-10-4-2-6-14-7-3-5-11(12(10)14)13(9)15/h7-8,11,17H,6,9H2,1-5H3;7-9,17H,6H2,1-5H3;8,15H,2-7H2,1H3. The fourth-order valence-electron chi connectivity index (χ4n) is 9.03. The Morgan fingerprint density at radius 2 is 1.33 bits per heavy atom. The van der Waals surface area contributed by atoms with Gasteiger partial charge in [0.15, 0.2) is 0 Å². The number of rotatable bonds is 2. The lowest BCUT2D eigenvalue weighted by molar-refractivity contribution is 0.379. The van der Waals surface area contributed by atoms with Crippen molar-refractivity contribution >= 4 is 22.6 Å². The molecule has 4 aliphatic rings. The zero-order valence-electron chi connectivity index (χ0n) is 32.1. The summed E-state index contributed by atoms with van der Waals surface area (Å²) in [5.74, 6) is 1.89. The molecule has 0 amide bonds. The quantitative estimate of drug-likeness (QED) is 0.253. The van der Waals surface area contributed by atoms with Crippen LogP contribution in [0.4, 0.5) is 17.1 Å². The lowest BCUT2D eigenvalue weighted by Gasteiger charge is -2.47. The van der Waals surface area contributed by atoms with Gasteiger partial charge in [0.1, 0.15) is 17.2 Å². The molecule has 0 aliphatic carbocycles. The SMILES string of the molecule is CCN1c2cc(O)c(C)cc2C(C)=CC1(C)C.CCN1c2cc(O)c(C)cc2C(C)CC1(C)C.Cc1cc2c3c(c1O)CCCN3CCC2. The number of anilines is 3. The van der Waals surface area contributed by atoms with E-state index in [1.165, 1.54) is 71.6 Å². The first-order chi connectivity index (χ1) is 23.0. The summed E-state index contributed by atoms with van der Waals surface area (Å²) in [5, 5.41) is 29.9. The molecular weight excluding hydrogens is 606 g/mol. The number of fused-ring (bicyclic) bond motifs is 2. The maximum absolute atomic E-state index is 10.1. The van der Waals surface area contributed by atoms with E-state index in [2.05, 4.69) is 94.4 Å². The maximum atomic E-state index is 10.1. The molecule has 266 valence electrons. The molecule has 1 atom stereocenters. The normalized spacial score (nSPS) is 19.7. The van der Waals surface area contributed by atoms with Gasteiger partial charge in [0.2, 0.25) is 0 Å². The Bertz CT molecular complexity index is 1730. The molecule has 6 nitrogen and oxygen atoms in total. The summed E-state index contributed by atoms with van der Waals surface area (Å²) < 4.78 is 0. The monoisotopic (exact) mass is 667 g/mol. The average molecular weight is 668 g/mol. The molecule has 4 heterocycles. The number of allylic oxidation sites excluding steroid dienone is 1. The zero-order chi connectivity index (χ0) is 36.0. The molecule has 6 heteroatoms. The van der Waals surface area contributed by atoms with Crippen molar-refractivity contribution in [1.29, 1.82) is 0 Å². The molecule has 0 fully saturated rings. The van der Waals surface area contributed by atoms with Crippen molar-refractivity contribution in [2.45, 2.75) is 125 Å². The van der Waals surface area contributed by atoms with Gasteiger partial charge in [-0.05, 0) is 147 Å². The van der Waals surface area contributed by atoms with E-state index < -0.39 is 0 Å². The van der Waals surface area contributed by atoms with Gasteiger partial charge in [-0.2, -0.15) is 0 Å². The van der Waals surface area contributed by atoms with Gasteiger partial charge in [-0.25, -0.2) is 0 Å². The number of hydrogen-bond acceptors (Lipinski definition) is 6. The molecule has 7 rings (SSSR count). The van der Waals surface area contributed by atoms with Crippen LogP contribution in [0, 0.1) is 20.8 Å². The summed E-state index contributed by atoms with van der Waals surface area (Å²) in [7, 11) is 0. The topological polar surface area (TPSA) is 70.4 Å². The van der Waals surface area contributed by atoms with E-state index in [-0.39, 0.29) is 11.1 Å². The van der Waals surface area contributed by atoms with Gasteiger partial charge in [-0.3, -0.25) is 0 Å². The Labute approximate surface area is 296 Å². The van der Waals surface area contributed by atoms with Crippen LogP contribution in [0.5, 0.6) is 17.2 Å². The summed E-state index contributed by atoms with van der Waals surface area (Å²) in [6.07, 6.45) is 8.14. The van der Waals surface area contributed by atoms with Crippen LogP contribution in [0.3, 0.4) is 0 Å². The van der Waals surface area contributed by atoms with Crippen molar-refractivity contribution in [3.8, 4) is 17.2 Å². The second kappa shape index (κ2) is 13.8. The van der Waals surface area contributed by atoms with Crippen LogP contribution in [0.2, 0.25) is 0 Å². The summed E-state index contributed by atoms with van der Waals surface area (Å²) in [6, 6.07) is 10.2. The van der Waals surface area contributed by atoms with Crippen molar-refractivity contribution in [3.63, 3.8) is 0 Å². The third-order valence-electron chi connectivity index (χ3n) is 11.3. The molecule has 3 aromatic rings. The maximum Gasteiger partial charge on any atom is 0.123 e. The fraction of sp³-hybridized carbons (Fsp3) is 0.535. The molecule has 0 aromatic heterocycles. The molecule has 49 heavy (non-hydrogen) atoms. The van der Waals surface area contributed by atoms with E-state index in [0.717, 1.165) is 48.3 Å². The molecular formula is C43H61N3O3.